The molecule has 0 atom stereocenters. The number of fused-ring (bicyclic) bond motifs is 1. The summed E-state index contributed by atoms with van der Waals surface area (Å²) in [7, 11) is 0. The third kappa shape index (κ3) is 4.43. The van der Waals surface area contributed by atoms with Crippen LogP contribution in [0.2, 0.25) is 0 Å². The molecule has 0 bridgehead atoms. The maximum atomic E-state index is 12.6. The first-order chi connectivity index (χ1) is 13.8. The maximum Gasteiger partial charge on any atom is 0.352 e. The Labute approximate surface area is 173 Å². The standard InChI is InChI=1S/C19H17BrN4O5/c1-12(2)22(17-9-13(20)7-8-16(17)24(27)28)11-19(26)29-23-15-6-4-3-5-14(15)21-10-18(23)25/h3-10,12H,11H2,1-2H3. The van der Waals surface area contributed by atoms with E-state index in [4.69, 9.17) is 4.84 Å². The van der Waals surface area contributed by atoms with Gasteiger partial charge in [0.05, 0.1) is 16.6 Å². The monoisotopic (exact) mass is 460 g/mol. The number of benzene rings is 2. The Hall–Kier alpha value is -3.27. The summed E-state index contributed by atoms with van der Waals surface area (Å²) in [5, 5.41) is 11.4. The van der Waals surface area contributed by atoms with Crippen LogP contribution in [0.1, 0.15) is 13.8 Å². The van der Waals surface area contributed by atoms with Crippen molar-refractivity contribution in [3.8, 4) is 0 Å². The Morgan fingerprint density at radius 2 is 2.03 bits per heavy atom. The SMILES string of the molecule is CC(C)N(CC(=O)On1c(=O)cnc2ccccc21)c1cc(Br)ccc1[N+](=O)[O-]. The minimum atomic E-state index is -0.744. The molecule has 150 valence electrons. The molecule has 0 saturated carbocycles. The summed E-state index contributed by atoms with van der Waals surface area (Å²) in [6, 6.07) is 11.0. The van der Waals surface area contributed by atoms with Gasteiger partial charge in [-0.25, -0.2) is 9.78 Å². The Balaban J connectivity index is 1.93. The van der Waals surface area contributed by atoms with Crippen molar-refractivity contribution in [2.75, 3.05) is 11.4 Å². The second-order valence-corrected chi connectivity index (χ2v) is 7.37. The van der Waals surface area contributed by atoms with Gasteiger partial charge in [0.1, 0.15) is 17.7 Å². The van der Waals surface area contributed by atoms with Crippen molar-refractivity contribution in [2.24, 2.45) is 0 Å². The van der Waals surface area contributed by atoms with E-state index in [0.717, 1.165) is 10.9 Å². The van der Waals surface area contributed by atoms with Gasteiger partial charge in [0, 0.05) is 16.6 Å². The van der Waals surface area contributed by atoms with Gasteiger partial charge < -0.3 is 9.74 Å². The number of hydrogen-bond acceptors (Lipinski definition) is 7. The number of nitro groups is 1. The van der Waals surface area contributed by atoms with Gasteiger partial charge in [0.25, 0.3) is 5.69 Å². The molecule has 3 rings (SSSR count). The van der Waals surface area contributed by atoms with E-state index in [-0.39, 0.29) is 24.0 Å². The number of nitrogens with zero attached hydrogens (tertiary/aromatic N) is 4. The molecule has 0 N–H and O–H groups in total. The second-order valence-electron chi connectivity index (χ2n) is 6.45. The van der Waals surface area contributed by atoms with Crippen LogP contribution in [-0.4, -0.2) is 33.2 Å². The van der Waals surface area contributed by atoms with Gasteiger partial charge in [-0.05, 0) is 38.1 Å². The van der Waals surface area contributed by atoms with Crippen LogP contribution in [-0.2, 0) is 4.79 Å². The van der Waals surface area contributed by atoms with Gasteiger partial charge in [-0.1, -0.05) is 28.1 Å². The van der Waals surface area contributed by atoms with E-state index >= 15 is 0 Å². The summed E-state index contributed by atoms with van der Waals surface area (Å²) >= 11 is 3.30. The molecule has 9 nitrogen and oxygen atoms in total. The summed E-state index contributed by atoms with van der Waals surface area (Å²) in [4.78, 5) is 46.6. The highest BCUT2D eigenvalue weighted by atomic mass is 79.9. The van der Waals surface area contributed by atoms with Crippen LogP contribution in [0.15, 0.2) is 57.9 Å². The Morgan fingerprint density at radius 1 is 1.31 bits per heavy atom. The minimum Gasteiger partial charge on any atom is -0.352 e. The summed E-state index contributed by atoms with van der Waals surface area (Å²) in [5.74, 6) is -0.744. The molecule has 0 unspecified atom stereocenters. The number of rotatable bonds is 6. The average Bonchev–Trinajstić information content (AvgIpc) is 2.67. The van der Waals surface area contributed by atoms with Gasteiger partial charge in [0.2, 0.25) is 0 Å². The van der Waals surface area contributed by atoms with E-state index in [1.165, 1.54) is 6.07 Å². The Bertz CT molecular complexity index is 1140. The van der Waals surface area contributed by atoms with Gasteiger partial charge in [-0.3, -0.25) is 14.9 Å². The first-order valence-electron chi connectivity index (χ1n) is 8.66. The van der Waals surface area contributed by atoms with Crippen LogP contribution in [0.3, 0.4) is 0 Å². The minimum absolute atomic E-state index is 0.138. The van der Waals surface area contributed by atoms with E-state index < -0.39 is 16.5 Å². The van der Waals surface area contributed by atoms with Crippen LogP contribution in [0.5, 0.6) is 0 Å². The van der Waals surface area contributed by atoms with Crippen molar-refractivity contribution in [1.82, 2.24) is 9.71 Å². The molecule has 3 aromatic rings. The Kier molecular flexibility index (Phi) is 5.92. The van der Waals surface area contributed by atoms with Crippen molar-refractivity contribution < 1.29 is 14.6 Å². The van der Waals surface area contributed by atoms with Crippen LogP contribution < -0.4 is 15.3 Å². The van der Waals surface area contributed by atoms with Crippen LogP contribution >= 0.6 is 15.9 Å². The fourth-order valence-corrected chi connectivity index (χ4v) is 3.18. The predicted octanol–water partition coefficient (Wildman–Crippen LogP) is 2.94. The van der Waals surface area contributed by atoms with Crippen molar-refractivity contribution in [3.05, 3.63) is 73.6 Å². The van der Waals surface area contributed by atoms with Crippen molar-refractivity contribution in [2.45, 2.75) is 19.9 Å². The van der Waals surface area contributed by atoms with Crippen molar-refractivity contribution in [1.29, 1.82) is 0 Å². The number of anilines is 1. The van der Waals surface area contributed by atoms with E-state index in [2.05, 4.69) is 20.9 Å². The molecule has 0 aliphatic heterocycles. The molecule has 0 spiro atoms. The molecule has 0 aliphatic rings. The van der Waals surface area contributed by atoms with Crippen LogP contribution in [0.25, 0.3) is 11.0 Å². The number of hydrogen-bond donors (Lipinski definition) is 0. The van der Waals surface area contributed by atoms with Gasteiger partial charge in [-0.15, -0.1) is 4.73 Å². The van der Waals surface area contributed by atoms with E-state index in [1.807, 2.05) is 0 Å². The normalized spacial score (nSPS) is 10.9. The number of nitro benzene ring substituents is 1. The maximum absolute atomic E-state index is 12.6. The summed E-state index contributed by atoms with van der Waals surface area (Å²) in [5.41, 5.74) is 0.368. The highest BCUT2D eigenvalue weighted by Gasteiger charge is 2.25. The number of carbonyl (C=O) groups excluding carboxylic acids is 1. The molecule has 0 radical (unpaired) electrons. The third-order valence-corrected chi connectivity index (χ3v) is 4.67. The zero-order valence-electron chi connectivity index (χ0n) is 15.6. The van der Waals surface area contributed by atoms with Crippen LogP contribution in [0, 0.1) is 10.1 Å². The lowest BCUT2D eigenvalue weighted by Gasteiger charge is -2.27. The molecule has 10 heteroatoms. The van der Waals surface area contributed by atoms with Gasteiger partial charge >= 0.3 is 11.5 Å². The molecular formula is C19H17BrN4O5. The number of para-hydroxylation sites is 2. The summed E-state index contributed by atoms with van der Waals surface area (Å²) < 4.78 is 1.51. The molecule has 0 saturated heterocycles. The van der Waals surface area contributed by atoms with E-state index in [1.54, 1.807) is 55.1 Å². The fraction of sp³-hybridized carbons (Fsp3) is 0.211. The van der Waals surface area contributed by atoms with Crippen LogP contribution in [0.4, 0.5) is 11.4 Å². The summed E-state index contributed by atoms with van der Waals surface area (Å²) in [6.45, 7) is 3.30. The zero-order chi connectivity index (χ0) is 21.1. The van der Waals surface area contributed by atoms with Gasteiger partial charge in [-0.2, -0.15) is 0 Å². The predicted molar refractivity (Wildman–Crippen MR) is 111 cm³/mol. The van der Waals surface area contributed by atoms with Gasteiger partial charge in [0.15, 0.2) is 0 Å². The highest BCUT2D eigenvalue weighted by Crippen LogP contribution is 2.32. The average molecular weight is 461 g/mol. The lowest BCUT2D eigenvalue weighted by atomic mass is 10.2. The quantitative estimate of drug-likeness (QED) is 0.410. The lowest BCUT2D eigenvalue weighted by molar-refractivity contribution is -0.384. The van der Waals surface area contributed by atoms with Crippen molar-refractivity contribution >= 4 is 44.3 Å². The van der Waals surface area contributed by atoms with E-state index in [0.29, 0.717) is 15.5 Å². The zero-order valence-corrected chi connectivity index (χ0v) is 17.2. The smallest absolute Gasteiger partial charge is 0.352 e. The summed E-state index contributed by atoms with van der Waals surface area (Å²) in [6.07, 6.45) is 1.06. The third-order valence-electron chi connectivity index (χ3n) is 4.17. The molecule has 0 fully saturated rings. The Morgan fingerprint density at radius 3 is 2.72 bits per heavy atom. The highest BCUT2D eigenvalue weighted by molar-refractivity contribution is 9.10. The first-order valence-corrected chi connectivity index (χ1v) is 9.46. The second kappa shape index (κ2) is 8.39. The largest absolute Gasteiger partial charge is 0.352 e. The molecule has 1 heterocycles. The molecule has 1 aromatic heterocycles. The first kappa shape index (κ1) is 20.5. The number of aromatic nitrogens is 2. The topological polar surface area (TPSA) is 108 Å². The van der Waals surface area contributed by atoms with E-state index in [9.17, 15) is 19.7 Å². The lowest BCUT2D eigenvalue weighted by Crippen LogP contribution is -2.41. The molecule has 0 amide bonds. The number of carbonyl (C=O) groups is 1. The molecule has 0 aliphatic carbocycles. The van der Waals surface area contributed by atoms with Crippen molar-refractivity contribution in [3.63, 3.8) is 0 Å². The molecule has 29 heavy (non-hydrogen) atoms. The number of halogens is 1. The molecular weight excluding hydrogens is 444 g/mol. The molecule has 2 aromatic carbocycles. The fourth-order valence-electron chi connectivity index (χ4n) is 2.83.